The number of allylic oxidation sites excluding steroid dienone is 13. The van der Waals surface area contributed by atoms with Crippen LogP contribution in [-0.4, -0.2) is 140 Å². The van der Waals surface area contributed by atoms with Crippen LogP contribution in [0.5, 0.6) is 0 Å². The lowest BCUT2D eigenvalue weighted by Gasteiger charge is -2.46. The molecule has 0 aromatic rings. The van der Waals surface area contributed by atoms with Crippen molar-refractivity contribution in [1.82, 2.24) is 5.32 Å². The van der Waals surface area contributed by atoms with Crippen molar-refractivity contribution >= 4 is 5.91 Å². The van der Waals surface area contributed by atoms with Crippen molar-refractivity contribution in [3.63, 3.8) is 0 Å². The van der Waals surface area contributed by atoms with Crippen molar-refractivity contribution in [2.24, 2.45) is 0 Å². The monoisotopic (exact) mass is 1100 g/mol. The van der Waals surface area contributed by atoms with E-state index in [0.717, 1.165) is 64.2 Å². The Labute approximate surface area is 471 Å². The number of carbonyl (C=O) groups is 1. The van der Waals surface area contributed by atoms with E-state index in [-0.39, 0.29) is 18.9 Å². The molecule has 14 heteroatoms. The topological polar surface area (TPSA) is 228 Å². The van der Waals surface area contributed by atoms with Gasteiger partial charge in [0.15, 0.2) is 12.6 Å². The maximum absolute atomic E-state index is 13.2. The molecule has 2 rings (SSSR count). The minimum absolute atomic E-state index is 0.230. The van der Waals surface area contributed by atoms with Crippen molar-refractivity contribution in [2.75, 3.05) is 19.8 Å². The molecule has 14 nitrogen and oxygen atoms in total. The van der Waals surface area contributed by atoms with Gasteiger partial charge in [-0.15, -0.1) is 0 Å². The zero-order valence-electron chi connectivity index (χ0n) is 48.4. The number of amides is 1. The quantitative estimate of drug-likeness (QED) is 0.0204. The molecule has 2 saturated heterocycles. The van der Waals surface area contributed by atoms with Gasteiger partial charge in [0, 0.05) is 6.42 Å². The average Bonchev–Trinajstić information content (AvgIpc) is 3.48. The molecule has 0 radical (unpaired) electrons. The smallest absolute Gasteiger partial charge is 0.220 e. The second-order valence-electron chi connectivity index (χ2n) is 21.4. The molecule has 0 aliphatic carbocycles. The van der Waals surface area contributed by atoms with E-state index in [9.17, 15) is 45.6 Å². The van der Waals surface area contributed by atoms with Crippen LogP contribution in [0.1, 0.15) is 219 Å². The SMILES string of the molecule is CC/C=C\C/C=C\C/C=C\C/C=C\C/C=C\CCCCCC(=O)NC(COC1OC(CO)C(OC2OC(CO)C(O)C(O)C2O)C(O)C1O)C(O)/C=C/CC/C=C/CCCCCCCCCCCCCCCCCCCCC. The molecule has 2 aliphatic heterocycles. The number of nitrogens with one attached hydrogen (secondary N) is 1. The number of hydrogen-bond donors (Lipinski definition) is 9. The highest BCUT2D eigenvalue weighted by Crippen LogP contribution is 2.30. The van der Waals surface area contributed by atoms with E-state index in [1.807, 2.05) is 6.08 Å². The molecule has 2 fully saturated rings. The summed E-state index contributed by atoms with van der Waals surface area (Å²) in [6, 6.07) is -0.955. The molecule has 12 atom stereocenters. The number of rotatable bonds is 48. The summed E-state index contributed by atoms with van der Waals surface area (Å²) in [5, 5.41) is 87.1. The molecule has 1 amide bonds. The summed E-state index contributed by atoms with van der Waals surface area (Å²) in [6.45, 7) is 2.65. The Morgan fingerprint density at radius 2 is 0.897 bits per heavy atom. The molecule has 450 valence electrons. The minimum atomic E-state index is -1.80. The molecule has 0 aromatic carbocycles. The van der Waals surface area contributed by atoms with Crippen LogP contribution in [-0.2, 0) is 23.7 Å². The first-order valence-corrected chi connectivity index (χ1v) is 30.8. The first kappa shape index (κ1) is 71.3. The molecule has 0 aromatic heterocycles. The van der Waals surface area contributed by atoms with Gasteiger partial charge in [0.05, 0.1) is 32.0 Å². The van der Waals surface area contributed by atoms with E-state index in [1.165, 1.54) is 122 Å². The van der Waals surface area contributed by atoms with Crippen molar-refractivity contribution in [3.05, 3.63) is 85.1 Å². The molecule has 0 bridgehead atoms. The lowest BCUT2D eigenvalue weighted by atomic mass is 9.97. The minimum Gasteiger partial charge on any atom is -0.394 e. The largest absolute Gasteiger partial charge is 0.394 e. The second-order valence-corrected chi connectivity index (χ2v) is 21.4. The molecule has 0 saturated carbocycles. The van der Waals surface area contributed by atoms with E-state index in [0.29, 0.717) is 12.8 Å². The number of unbranched alkanes of at least 4 members (excludes halogenated alkanes) is 23. The summed E-state index contributed by atoms with van der Waals surface area (Å²) < 4.78 is 22.8. The highest BCUT2D eigenvalue weighted by atomic mass is 16.7. The predicted octanol–water partition coefficient (Wildman–Crippen LogP) is 10.9. The van der Waals surface area contributed by atoms with Crippen LogP contribution in [0.15, 0.2) is 85.1 Å². The Bertz CT molecular complexity index is 1630. The lowest BCUT2D eigenvalue weighted by Crippen LogP contribution is -2.65. The highest BCUT2D eigenvalue weighted by molar-refractivity contribution is 5.76. The van der Waals surface area contributed by atoms with E-state index in [2.05, 4.69) is 92.1 Å². The van der Waals surface area contributed by atoms with Gasteiger partial charge in [0.1, 0.15) is 48.8 Å². The standard InChI is InChI=1S/C64H111NO13/c1-3-5-7-9-11-13-15-17-19-21-23-24-25-26-27-28-30-31-33-35-37-39-41-43-45-47-53(68)52(65-56(69)48-46-44-42-40-38-36-34-32-29-22-20-18-16-14-12-10-8-6-4-2)51-75-63-61(74)59(72)62(55(50-67)77-63)78-64-60(73)58(71)57(70)54(49-66)76-64/h6,8,12,14,18,20,29,32,36-39,45,47,52-55,57-64,66-68,70-74H,3-5,7,9-11,13,15-17,19,21-28,30-31,33-35,40-44,46,48-51H2,1-2H3,(H,65,69)/b8-6-,14-12-,20-18-,32-29-,38-36-,39-37+,47-45+. The fourth-order valence-corrected chi connectivity index (χ4v) is 9.63. The molecule has 9 N–H and O–H groups in total. The summed E-state index contributed by atoms with van der Waals surface area (Å²) in [5.41, 5.74) is 0. The van der Waals surface area contributed by atoms with E-state index in [1.54, 1.807) is 6.08 Å². The molecule has 2 aliphatic rings. The molecule has 2 heterocycles. The molecular formula is C64H111NO13. The van der Waals surface area contributed by atoms with Gasteiger partial charge in [-0.1, -0.05) is 221 Å². The number of hydrogen-bond acceptors (Lipinski definition) is 13. The number of ether oxygens (including phenoxy) is 4. The fraction of sp³-hybridized carbons (Fsp3) is 0.766. The maximum atomic E-state index is 13.2. The summed E-state index contributed by atoms with van der Waals surface area (Å²) in [6.07, 6.45) is 49.1. The van der Waals surface area contributed by atoms with Crippen LogP contribution in [0.4, 0.5) is 0 Å². The first-order valence-electron chi connectivity index (χ1n) is 30.8. The van der Waals surface area contributed by atoms with Gasteiger partial charge in [-0.25, -0.2) is 0 Å². The predicted molar refractivity (Wildman–Crippen MR) is 313 cm³/mol. The Balaban J connectivity index is 1.78. The average molecular weight is 1100 g/mol. The zero-order valence-corrected chi connectivity index (χ0v) is 48.4. The van der Waals surface area contributed by atoms with Gasteiger partial charge in [-0.2, -0.15) is 0 Å². The van der Waals surface area contributed by atoms with E-state index < -0.39 is 86.8 Å². The van der Waals surface area contributed by atoms with Gasteiger partial charge in [-0.05, 0) is 77.0 Å². The Morgan fingerprint density at radius 1 is 0.474 bits per heavy atom. The van der Waals surface area contributed by atoms with Crippen molar-refractivity contribution < 1.29 is 64.6 Å². The van der Waals surface area contributed by atoms with Gasteiger partial charge >= 0.3 is 0 Å². The normalized spacial score (nSPS) is 25.2. The lowest BCUT2D eigenvalue weighted by molar-refractivity contribution is -0.359. The van der Waals surface area contributed by atoms with E-state index in [4.69, 9.17) is 18.9 Å². The van der Waals surface area contributed by atoms with Crippen LogP contribution in [0.25, 0.3) is 0 Å². The van der Waals surface area contributed by atoms with Crippen LogP contribution < -0.4 is 5.32 Å². The Hall–Kier alpha value is -2.83. The van der Waals surface area contributed by atoms with E-state index >= 15 is 0 Å². The second kappa shape index (κ2) is 48.8. The van der Waals surface area contributed by atoms with Crippen LogP contribution in [0.3, 0.4) is 0 Å². The third kappa shape index (κ3) is 33.8. The number of aliphatic hydroxyl groups is 8. The first-order chi connectivity index (χ1) is 38.1. The van der Waals surface area contributed by atoms with Gasteiger partial charge in [0.25, 0.3) is 0 Å². The Morgan fingerprint density at radius 3 is 1.41 bits per heavy atom. The van der Waals surface area contributed by atoms with Gasteiger partial charge < -0.3 is 65.1 Å². The molecule has 0 spiro atoms. The Kier molecular flexibility index (Phi) is 44.6. The van der Waals surface area contributed by atoms with Gasteiger partial charge in [0.2, 0.25) is 5.91 Å². The maximum Gasteiger partial charge on any atom is 0.220 e. The number of aliphatic hydroxyl groups excluding tert-OH is 8. The van der Waals surface area contributed by atoms with Gasteiger partial charge in [-0.3, -0.25) is 4.79 Å². The van der Waals surface area contributed by atoms with Crippen molar-refractivity contribution in [1.29, 1.82) is 0 Å². The van der Waals surface area contributed by atoms with Crippen molar-refractivity contribution in [2.45, 2.75) is 293 Å². The summed E-state index contributed by atoms with van der Waals surface area (Å²) in [4.78, 5) is 13.2. The fourth-order valence-electron chi connectivity index (χ4n) is 9.63. The third-order valence-corrected chi connectivity index (χ3v) is 14.6. The summed E-state index contributed by atoms with van der Waals surface area (Å²) in [7, 11) is 0. The van der Waals surface area contributed by atoms with Crippen LogP contribution in [0, 0.1) is 0 Å². The highest BCUT2D eigenvalue weighted by Gasteiger charge is 2.51. The molecular weight excluding hydrogens is 991 g/mol. The summed E-state index contributed by atoms with van der Waals surface area (Å²) in [5.74, 6) is -0.282. The van der Waals surface area contributed by atoms with Crippen LogP contribution >= 0.6 is 0 Å². The molecule has 78 heavy (non-hydrogen) atoms. The number of carbonyl (C=O) groups excluding carboxylic acids is 1. The summed E-state index contributed by atoms with van der Waals surface area (Å²) >= 11 is 0. The van der Waals surface area contributed by atoms with Crippen molar-refractivity contribution in [3.8, 4) is 0 Å². The third-order valence-electron chi connectivity index (χ3n) is 14.6. The zero-order chi connectivity index (χ0) is 56.7. The van der Waals surface area contributed by atoms with Crippen LogP contribution in [0.2, 0.25) is 0 Å². The molecule has 12 unspecified atom stereocenters.